The highest BCUT2D eigenvalue weighted by Crippen LogP contribution is 2.28. The summed E-state index contributed by atoms with van der Waals surface area (Å²) in [5.74, 6) is 0.895. The number of likely N-dealkylation sites (N-methyl/N-ethyl adjacent to an activating group) is 1. The summed E-state index contributed by atoms with van der Waals surface area (Å²) < 4.78 is 5.93. The molecule has 3 heteroatoms. The molecule has 0 saturated heterocycles. The van der Waals surface area contributed by atoms with Gasteiger partial charge in [0.05, 0.1) is 6.61 Å². The molecule has 0 N–H and O–H groups in total. The molecule has 0 saturated carbocycles. The van der Waals surface area contributed by atoms with E-state index in [1.165, 1.54) is 19.3 Å². The summed E-state index contributed by atoms with van der Waals surface area (Å²) in [5, 5.41) is 0. The van der Waals surface area contributed by atoms with Gasteiger partial charge in [-0.1, -0.05) is 49.2 Å². The third kappa shape index (κ3) is 7.03. The van der Waals surface area contributed by atoms with E-state index < -0.39 is 0 Å². The zero-order valence-electron chi connectivity index (χ0n) is 16.6. The van der Waals surface area contributed by atoms with Crippen LogP contribution in [0, 0.1) is 0 Å². The first-order valence-corrected chi connectivity index (χ1v) is 9.74. The first-order chi connectivity index (χ1) is 13.1. The molecule has 2 aromatic rings. The number of carbonyl (C=O) groups excluding carboxylic acids is 1. The fourth-order valence-corrected chi connectivity index (χ4v) is 3.12. The molecule has 0 atom stereocenters. The molecule has 144 valence electrons. The number of nitrogens with zero attached hydrogens (tertiary/aromatic N) is 1. The van der Waals surface area contributed by atoms with Gasteiger partial charge < -0.3 is 9.64 Å². The lowest BCUT2D eigenvalue weighted by Crippen LogP contribution is -2.19. The molecular formula is C24H31NO2. The zero-order chi connectivity index (χ0) is 19.5. The fraction of sp³-hybridized carbons (Fsp3) is 0.375. The number of hydrogen-bond donors (Lipinski definition) is 0. The van der Waals surface area contributed by atoms with Crippen LogP contribution in [0.3, 0.4) is 0 Å². The van der Waals surface area contributed by atoms with Gasteiger partial charge in [0, 0.05) is 12.1 Å². The SMILES string of the molecule is C=CCN(C)CCCCCCOc1ccc(C(C)=O)c(-c2ccccc2)c1. The average molecular weight is 366 g/mol. The van der Waals surface area contributed by atoms with E-state index in [-0.39, 0.29) is 5.78 Å². The lowest BCUT2D eigenvalue weighted by molar-refractivity contribution is 0.101. The molecule has 0 fully saturated rings. The maximum Gasteiger partial charge on any atom is 0.160 e. The van der Waals surface area contributed by atoms with Crippen molar-refractivity contribution >= 4 is 5.78 Å². The summed E-state index contributed by atoms with van der Waals surface area (Å²) in [4.78, 5) is 14.2. The Bertz CT molecular complexity index is 724. The summed E-state index contributed by atoms with van der Waals surface area (Å²) in [7, 11) is 2.12. The van der Waals surface area contributed by atoms with E-state index in [2.05, 4.69) is 18.5 Å². The molecule has 0 aromatic heterocycles. The predicted molar refractivity (Wildman–Crippen MR) is 114 cm³/mol. The first-order valence-electron chi connectivity index (χ1n) is 9.74. The van der Waals surface area contributed by atoms with Crippen LogP contribution in [-0.4, -0.2) is 37.4 Å². The van der Waals surface area contributed by atoms with E-state index in [0.29, 0.717) is 6.61 Å². The topological polar surface area (TPSA) is 29.5 Å². The molecule has 0 aliphatic carbocycles. The van der Waals surface area contributed by atoms with Crippen molar-refractivity contribution in [2.75, 3.05) is 26.7 Å². The summed E-state index contributed by atoms with van der Waals surface area (Å²) in [6.07, 6.45) is 6.56. The smallest absolute Gasteiger partial charge is 0.160 e. The third-order valence-corrected chi connectivity index (χ3v) is 4.60. The van der Waals surface area contributed by atoms with Gasteiger partial charge in [-0.2, -0.15) is 0 Å². The summed E-state index contributed by atoms with van der Waals surface area (Å²) in [6.45, 7) is 8.13. The van der Waals surface area contributed by atoms with Crippen molar-refractivity contribution in [3.05, 3.63) is 66.7 Å². The fourth-order valence-electron chi connectivity index (χ4n) is 3.12. The van der Waals surface area contributed by atoms with Crippen molar-refractivity contribution in [2.24, 2.45) is 0 Å². The molecule has 0 unspecified atom stereocenters. The number of unbranched alkanes of at least 4 members (excludes halogenated alkanes) is 3. The minimum absolute atomic E-state index is 0.0711. The van der Waals surface area contributed by atoms with Gasteiger partial charge in [-0.15, -0.1) is 6.58 Å². The zero-order valence-corrected chi connectivity index (χ0v) is 16.6. The van der Waals surface area contributed by atoms with Crippen LogP contribution in [0.2, 0.25) is 0 Å². The van der Waals surface area contributed by atoms with Gasteiger partial charge in [0.15, 0.2) is 5.78 Å². The minimum Gasteiger partial charge on any atom is -0.494 e. The highest BCUT2D eigenvalue weighted by molar-refractivity contribution is 6.01. The van der Waals surface area contributed by atoms with Crippen LogP contribution >= 0.6 is 0 Å². The minimum atomic E-state index is 0.0711. The molecule has 0 aliphatic heterocycles. The Balaban J connectivity index is 1.83. The lowest BCUT2D eigenvalue weighted by Gasteiger charge is -2.14. The van der Waals surface area contributed by atoms with Crippen LogP contribution in [0.5, 0.6) is 5.75 Å². The van der Waals surface area contributed by atoms with Gasteiger partial charge in [0.25, 0.3) is 0 Å². The normalized spacial score (nSPS) is 10.8. The number of benzene rings is 2. The molecule has 27 heavy (non-hydrogen) atoms. The molecule has 0 bridgehead atoms. The van der Waals surface area contributed by atoms with E-state index in [0.717, 1.165) is 42.0 Å². The highest BCUT2D eigenvalue weighted by atomic mass is 16.5. The number of hydrogen-bond acceptors (Lipinski definition) is 3. The van der Waals surface area contributed by atoms with E-state index in [4.69, 9.17) is 4.74 Å². The van der Waals surface area contributed by atoms with E-state index in [1.807, 2.05) is 54.6 Å². The number of ether oxygens (including phenoxy) is 1. The molecule has 0 aliphatic rings. The standard InChI is InChI=1S/C24H31NO2/c1-4-16-25(3)17-10-5-6-11-18-27-22-14-15-23(20(2)26)24(19-22)21-12-8-7-9-13-21/h4,7-9,12-15,19H,1,5-6,10-11,16-18H2,2-3H3. The van der Waals surface area contributed by atoms with Crippen molar-refractivity contribution < 1.29 is 9.53 Å². The average Bonchev–Trinajstić information content (AvgIpc) is 2.68. The third-order valence-electron chi connectivity index (χ3n) is 4.60. The number of Topliss-reactive ketones (excluding diaryl/α,β-unsaturated/α-hetero) is 1. The van der Waals surface area contributed by atoms with Crippen molar-refractivity contribution in [1.29, 1.82) is 0 Å². The van der Waals surface area contributed by atoms with E-state index in [1.54, 1.807) is 6.92 Å². The summed E-state index contributed by atoms with van der Waals surface area (Å²) in [6, 6.07) is 15.7. The maximum atomic E-state index is 12.0. The molecular weight excluding hydrogens is 334 g/mol. The Morgan fingerprint density at radius 3 is 2.52 bits per heavy atom. The Morgan fingerprint density at radius 2 is 1.81 bits per heavy atom. The molecule has 0 amide bonds. The molecule has 0 heterocycles. The number of rotatable bonds is 12. The van der Waals surface area contributed by atoms with Crippen LogP contribution < -0.4 is 4.74 Å². The van der Waals surface area contributed by atoms with Crippen LogP contribution in [-0.2, 0) is 0 Å². The number of carbonyl (C=O) groups is 1. The van der Waals surface area contributed by atoms with Crippen LogP contribution in [0.4, 0.5) is 0 Å². The lowest BCUT2D eigenvalue weighted by atomic mass is 9.97. The van der Waals surface area contributed by atoms with E-state index in [9.17, 15) is 4.79 Å². The molecule has 0 spiro atoms. The van der Waals surface area contributed by atoms with Crippen LogP contribution in [0.1, 0.15) is 43.0 Å². The quantitative estimate of drug-likeness (QED) is 0.278. The summed E-state index contributed by atoms with van der Waals surface area (Å²) in [5.41, 5.74) is 2.71. The second-order valence-corrected chi connectivity index (χ2v) is 6.94. The second-order valence-electron chi connectivity index (χ2n) is 6.94. The van der Waals surface area contributed by atoms with Crippen LogP contribution in [0.25, 0.3) is 11.1 Å². The Kier molecular flexibility index (Phi) is 8.79. The second kappa shape index (κ2) is 11.3. The predicted octanol–water partition coefficient (Wildman–Crippen LogP) is 5.61. The Morgan fingerprint density at radius 1 is 1.07 bits per heavy atom. The molecule has 0 radical (unpaired) electrons. The van der Waals surface area contributed by atoms with Gasteiger partial charge in [0.2, 0.25) is 0 Å². The van der Waals surface area contributed by atoms with E-state index >= 15 is 0 Å². The van der Waals surface area contributed by atoms with Gasteiger partial charge >= 0.3 is 0 Å². The first kappa shape index (κ1) is 20.9. The van der Waals surface area contributed by atoms with Crippen molar-refractivity contribution in [2.45, 2.75) is 32.6 Å². The van der Waals surface area contributed by atoms with Gasteiger partial charge in [-0.3, -0.25) is 4.79 Å². The van der Waals surface area contributed by atoms with Gasteiger partial charge in [0.1, 0.15) is 5.75 Å². The van der Waals surface area contributed by atoms with Crippen molar-refractivity contribution in [3.63, 3.8) is 0 Å². The largest absolute Gasteiger partial charge is 0.494 e. The summed E-state index contributed by atoms with van der Waals surface area (Å²) >= 11 is 0. The highest BCUT2D eigenvalue weighted by Gasteiger charge is 2.10. The van der Waals surface area contributed by atoms with Gasteiger partial charge in [-0.05, 0) is 62.7 Å². The van der Waals surface area contributed by atoms with Gasteiger partial charge in [-0.25, -0.2) is 0 Å². The molecule has 3 nitrogen and oxygen atoms in total. The Labute approximate surface area is 163 Å². The monoisotopic (exact) mass is 365 g/mol. The van der Waals surface area contributed by atoms with Crippen molar-refractivity contribution in [1.82, 2.24) is 4.90 Å². The maximum absolute atomic E-state index is 12.0. The van der Waals surface area contributed by atoms with Crippen LogP contribution in [0.15, 0.2) is 61.2 Å². The molecule has 2 rings (SSSR count). The Hall–Kier alpha value is -2.39. The molecule has 2 aromatic carbocycles. The number of ketones is 1. The van der Waals surface area contributed by atoms with Crippen molar-refractivity contribution in [3.8, 4) is 16.9 Å².